The van der Waals surface area contributed by atoms with Crippen LogP contribution in [0.5, 0.6) is 0 Å². The first kappa shape index (κ1) is 15.0. The number of anilines is 1. The molecule has 0 saturated carbocycles. The van der Waals surface area contributed by atoms with Gasteiger partial charge in [0.1, 0.15) is 0 Å². The van der Waals surface area contributed by atoms with E-state index >= 15 is 0 Å². The zero-order chi connectivity index (χ0) is 14.5. The lowest BCUT2D eigenvalue weighted by Crippen LogP contribution is -2.43. The lowest BCUT2D eigenvalue weighted by Gasteiger charge is -2.33. The topological polar surface area (TPSA) is 50.2 Å². The molecule has 1 saturated heterocycles. The highest BCUT2D eigenvalue weighted by Crippen LogP contribution is 2.18. The standard InChI is InChI=1S/C15H26N4O/c1-12(2)9-16-10-13-5-4-7-19(11-13)14-15(20)18(3)8-6-17-14/h6,8,12-13,16H,4-5,7,9-11H2,1-3H3. The molecule has 0 aliphatic carbocycles. The molecule has 1 unspecified atom stereocenters. The molecule has 0 spiro atoms. The van der Waals surface area contributed by atoms with Crippen molar-refractivity contribution < 1.29 is 0 Å². The van der Waals surface area contributed by atoms with Crippen molar-refractivity contribution in [3.05, 3.63) is 22.7 Å². The van der Waals surface area contributed by atoms with E-state index in [1.807, 2.05) is 0 Å². The van der Waals surface area contributed by atoms with E-state index in [0.717, 1.165) is 32.6 Å². The molecule has 20 heavy (non-hydrogen) atoms. The van der Waals surface area contributed by atoms with Gasteiger partial charge in [0, 0.05) is 32.5 Å². The molecule has 1 fully saturated rings. The van der Waals surface area contributed by atoms with Crippen molar-refractivity contribution in [2.45, 2.75) is 26.7 Å². The number of hydrogen-bond donors (Lipinski definition) is 1. The van der Waals surface area contributed by atoms with Crippen molar-refractivity contribution in [2.24, 2.45) is 18.9 Å². The summed E-state index contributed by atoms with van der Waals surface area (Å²) in [5.41, 5.74) is 0.00305. The predicted molar refractivity (Wildman–Crippen MR) is 82.1 cm³/mol. The average molecular weight is 278 g/mol. The number of nitrogens with one attached hydrogen (secondary N) is 1. The third-order valence-corrected chi connectivity index (χ3v) is 3.80. The van der Waals surface area contributed by atoms with Gasteiger partial charge in [-0.2, -0.15) is 0 Å². The second-order valence-electron chi connectivity index (χ2n) is 6.17. The first-order valence-corrected chi connectivity index (χ1v) is 7.55. The van der Waals surface area contributed by atoms with Gasteiger partial charge in [0.25, 0.3) is 5.56 Å². The van der Waals surface area contributed by atoms with Gasteiger partial charge in [-0.15, -0.1) is 0 Å². The Morgan fingerprint density at radius 1 is 1.50 bits per heavy atom. The Hall–Kier alpha value is -1.36. The van der Waals surface area contributed by atoms with Gasteiger partial charge < -0.3 is 14.8 Å². The van der Waals surface area contributed by atoms with Crippen molar-refractivity contribution in [3.63, 3.8) is 0 Å². The lowest BCUT2D eigenvalue weighted by atomic mass is 9.98. The summed E-state index contributed by atoms with van der Waals surface area (Å²) in [4.78, 5) is 18.5. The van der Waals surface area contributed by atoms with Crippen LogP contribution in [0.1, 0.15) is 26.7 Å². The molecule has 1 aromatic heterocycles. The number of aryl methyl sites for hydroxylation is 1. The molecule has 5 heteroatoms. The van der Waals surface area contributed by atoms with E-state index in [0.29, 0.717) is 17.7 Å². The van der Waals surface area contributed by atoms with Crippen LogP contribution in [0.15, 0.2) is 17.2 Å². The fourth-order valence-electron chi connectivity index (χ4n) is 2.70. The summed E-state index contributed by atoms with van der Waals surface area (Å²) < 4.78 is 1.60. The second-order valence-corrected chi connectivity index (χ2v) is 6.17. The molecule has 1 aliphatic rings. The Morgan fingerprint density at radius 3 is 3.05 bits per heavy atom. The van der Waals surface area contributed by atoms with E-state index in [1.165, 1.54) is 6.42 Å². The van der Waals surface area contributed by atoms with E-state index in [9.17, 15) is 4.79 Å². The van der Waals surface area contributed by atoms with Crippen LogP contribution in [-0.4, -0.2) is 35.7 Å². The monoisotopic (exact) mass is 278 g/mol. The van der Waals surface area contributed by atoms with Gasteiger partial charge in [-0.1, -0.05) is 13.8 Å². The molecule has 1 aromatic rings. The maximum Gasteiger partial charge on any atom is 0.293 e. The van der Waals surface area contributed by atoms with Gasteiger partial charge in [0.15, 0.2) is 5.82 Å². The van der Waals surface area contributed by atoms with Gasteiger partial charge in [-0.05, 0) is 37.8 Å². The summed E-state index contributed by atoms with van der Waals surface area (Å²) in [6.07, 6.45) is 5.78. The Kier molecular flexibility index (Phi) is 5.17. The highest BCUT2D eigenvalue weighted by atomic mass is 16.1. The number of nitrogens with zero attached hydrogens (tertiary/aromatic N) is 3. The summed E-state index contributed by atoms with van der Waals surface area (Å²) in [6, 6.07) is 0. The lowest BCUT2D eigenvalue weighted by molar-refractivity contribution is 0.380. The van der Waals surface area contributed by atoms with Gasteiger partial charge in [0.05, 0.1) is 0 Å². The summed E-state index contributed by atoms with van der Waals surface area (Å²) in [5, 5.41) is 3.52. The molecular weight excluding hydrogens is 252 g/mol. The van der Waals surface area contributed by atoms with Crippen molar-refractivity contribution in [1.82, 2.24) is 14.9 Å². The van der Waals surface area contributed by atoms with E-state index in [-0.39, 0.29) is 5.56 Å². The third kappa shape index (κ3) is 3.82. The SMILES string of the molecule is CC(C)CNCC1CCCN(c2nccn(C)c2=O)C1. The Labute approximate surface area is 121 Å². The quantitative estimate of drug-likeness (QED) is 0.880. The van der Waals surface area contributed by atoms with Crippen LogP contribution in [0.2, 0.25) is 0 Å². The van der Waals surface area contributed by atoms with Gasteiger partial charge in [-0.3, -0.25) is 4.79 Å². The molecule has 0 radical (unpaired) electrons. The number of piperidine rings is 1. The largest absolute Gasteiger partial charge is 0.352 e. The zero-order valence-electron chi connectivity index (χ0n) is 12.8. The molecule has 1 aliphatic heterocycles. The van der Waals surface area contributed by atoms with Crippen LogP contribution in [0, 0.1) is 11.8 Å². The van der Waals surface area contributed by atoms with Crippen LogP contribution in [0.3, 0.4) is 0 Å². The minimum absolute atomic E-state index is 0.00305. The highest BCUT2D eigenvalue weighted by molar-refractivity contribution is 5.36. The fourth-order valence-corrected chi connectivity index (χ4v) is 2.70. The van der Waals surface area contributed by atoms with E-state index in [2.05, 4.69) is 29.0 Å². The van der Waals surface area contributed by atoms with Gasteiger partial charge in [-0.25, -0.2) is 4.98 Å². The minimum Gasteiger partial charge on any atom is -0.352 e. The number of hydrogen-bond acceptors (Lipinski definition) is 4. The van der Waals surface area contributed by atoms with Gasteiger partial charge in [0.2, 0.25) is 0 Å². The number of aromatic nitrogens is 2. The first-order chi connectivity index (χ1) is 9.58. The minimum atomic E-state index is 0.00305. The second kappa shape index (κ2) is 6.88. The Bertz CT molecular complexity index is 483. The molecule has 0 aromatic carbocycles. The van der Waals surface area contributed by atoms with Crippen LogP contribution in [0.25, 0.3) is 0 Å². The van der Waals surface area contributed by atoms with Crippen molar-refractivity contribution in [1.29, 1.82) is 0 Å². The summed E-state index contributed by atoms with van der Waals surface area (Å²) in [7, 11) is 1.78. The van der Waals surface area contributed by atoms with E-state index < -0.39 is 0 Å². The molecule has 0 amide bonds. The molecule has 1 N–H and O–H groups in total. The van der Waals surface area contributed by atoms with Crippen molar-refractivity contribution in [2.75, 3.05) is 31.1 Å². The van der Waals surface area contributed by atoms with Crippen molar-refractivity contribution >= 4 is 5.82 Å². The van der Waals surface area contributed by atoms with Gasteiger partial charge >= 0.3 is 0 Å². The predicted octanol–water partition coefficient (Wildman–Crippen LogP) is 1.24. The summed E-state index contributed by atoms with van der Waals surface area (Å²) in [5.74, 6) is 1.88. The molecule has 0 bridgehead atoms. The third-order valence-electron chi connectivity index (χ3n) is 3.80. The maximum absolute atomic E-state index is 12.1. The van der Waals surface area contributed by atoms with Crippen LogP contribution >= 0.6 is 0 Å². The van der Waals surface area contributed by atoms with Crippen molar-refractivity contribution in [3.8, 4) is 0 Å². The molecule has 112 valence electrons. The van der Waals surface area contributed by atoms with E-state index in [4.69, 9.17) is 0 Å². The smallest absolute Gasteiger partial charge is 0.293 e. The molecule has 2 rings (SSSR count). The summed E-state index contributed by atoms with van der Waals surface area (Å²) in [6.45, 7) is 8.39. The van der Waals surface area contributed by atoms with E-state index in [1.54, 1.807) is 24.0 Å². The fraction of sp³-hybridized carbons (Fsp3) is 0.733. The average Bonchev–Trinajstić information content (AvgIpc) is 2.42. The normalized spacial score (nSPS) is 19.6. The first-order valence-electron chi connectivity index (χ1n) is 7.55. The highest BCUT2D eigenvalue weighted by Gasteiger charge is 2.22. The molecule has 1 atom stereocenters. The maximum atomic E-state index is 12.1. The van der Waals surface area contributed by atoms with Crippen LogP contribution in [-0.2, 0) is 7.05 Å². The Balaban J connectivity index is 1.96. The molecular formula is C15H26N4O. The van der Waals surface area contributed by atoms with Crippen LogP contribution in [0.4, 0.5) is 5.82 Å². The molecule has 2 heterocycles. The zero-order valence-corrected chi connectivity index (χ0v) is 12.8. The number of rotatable bonds is 5. The Morgan fingerprint density at radius 2 is 2.30 bits per heavy atom. The summed E-state index contributed by atoms with van der Waals surface area (Å²) >= 11 is 0. The van der Waals surface area contributed by atoms with Crippen LogP contribution < -0.4 is 15.8 Å². The molecule has 5 nitrogen and oxygen atoms in total.